The number of nitrogens with one attached hydrogen (secondary N) is 1. The van der Waals surface area contributed by atoms with Gasteiger partial charge in [-0.05, 0) is 6.92 Å². The van der Waals surface area contributed by atoms with Crippen LogP contribution < -0.4 is 5.32 Å². The van der Waals surface area contributed by atoms with Crippen LogP contribution in [-0.4, -0.2) is 22.7 Å². The Hall–Kier alpha value is -1.41. The molecule has 5 nitrogen and oxygen atoms in total. The van der Waals surface area contributed by atoms with Crippen molar-refractivity contribution >= 4 is 0 Å². The van der Waals surface area contributed by atoms with E-state index in [0.29, 0.717) is 24.7 Å². The molecule has 1 aromatic rings. The van der Waals surface area contributed by atoms with Crippen molar-refractivity contribution in [2.45, 2.75) is 26.3 Å². The van der Waals surface area contributed by atoms with Crippen molar-refractivity contribution in [3.8, 4) is 6.07 Å². The summed E-state index contributed by atoms with van der Waals surface area (Å²) in [5.74, 6) is 1.25. The summed E-state index contributed by atoms with van der Waals surface area (Å²) in [5.41, 5.74) is 0. The first-order valence-corrected chi connectivity index (χ1v) is 4.14. The van der Waals surface area contributed by atoms with Gasteiger partial charge in [-0.3, -0.25) is 0 Å². The van der Waals surface area contributed by atoms with Gasteiger partial charge in [-0.2, -0.15) is 10.2 Å². The Kier molecular flexibility index (Phi) is 3.41. The molecule has 1 atom stereocenters. The van der Waals surface area contributed by atoms with E-state index in [9.17, 15) is 0 Å². The minimum atomic E-state index is -0.131. The predicted molar refractivity (Wildman–Crippen MR) is 45.8 cm³/mol. The van der Waals surface area contributed by atoms with Crippen LogP contribution >= 0.6 is 0 Å². The molecule has 0 fully saturated rings. The summed E-state index contributed by atoms with van der Waals surface area (Å²) in [7, 11) is 0. The molecule has 0 radical (unpaired) electrons. The van der Waals surface area contributed by atoms with Gasteiger partial charge in [0.1, 0.15) is 0 Å². The zero-order valence-corrected chi connectivity index (χ0v) is 7.74. The molecule has 1 rings (SSSR count). The van der Waals surface area contributed by atoms with Gasteiger partial charge >= 0.3 is 0 Å². The summed E-state index contributed by atoms with van der Waals surface area (Å²) in [6, 6.07) is 1.95. The highest BCUT2D eigenvalue weighted by atomic mass is 16.5. The first-order chi connectivity index (χ1) is 6.22. The standard InChI is InChI=1S/C8H12N4O/c1-6(5-9)10-4-3-8-11-7(2)13-12-8/h6,10H,3-4H2,1-2H3. The Morgan fingerprint density at radius 3 is 3.00 bits per heavy atom. The minimum Gasteiger partial charge on any atom is -0.340 e. The molecule has 0 saturated heterocycles. The quantitative estimate of drug-likeness (QED) is 0.726. The van der Waals surface area contributed by atoms with Gasteiger partial charge in [0.25, 0.3) is 0 Å². The molecule has 13 heavy (non-hydrogen) atoms. The van der Waals surface area contributed by atoms with E-state index in [1.54, 1.807) is 6.92 Å². The first kappa shape index (κ1) is 9.68. The number of nitrogens with zero attached hydrogens (tertiary/aromatic N) is 3. The van der Waals surface area contributed by atoms with Crippen LogP contribution in [0, 0.1) is 18.3 Å². The Bertz CT molecular complexity index is 301. The van der Waals surface area contributed by atoms with Gasteiger partial charge in [0.2, 0.25) is 5.89 Å². The summed E-state index contributed by atoms with van der Waals surface area (Å²) in [5, 5.41) is 15.2. The van der Waals surface area contributed by atoms with Gasteiger partial charge in [-0.25, -0.2) is 0 Å². The smallest absolute Gasteiger partial charge is 0.223 e. The molecule has 0 spiro atoms. The van der Waals surface area contributed by atoms with E-state index < -0.39 is 0 Å². The van der Waals surface area contributed by atoms with Crippen LogP contribution in [0.3, 0.4) is 0 Å². The molecule has 0 saturated carbocycles. The fraction of sp³-hybridized carbons (Fsp3) is 0.625. The lowest BCUT2D eigenvalue weighted by atomic mass is 10.3. The van der Waals surface area contributed by atoms with Crippen LogP contribution in [0.2, 0.25) is 0 Å². The molecule has 1 heterocycles. The van der Waals surface area contributed by atoms with Gasteiger partial charge in [-0.1, -0.05) is 5.16 Å². The van der Waals surface area contributed by atoms with Crippen molar-refractivity contribution in [2.24, 2.45) is 0 Å². The molecule has 1 aromatic heterocycles. The maximum absolute atomic E-state index is 8.47. The largest absolute Gasteiger partial charge is 0.340 e. The Labute approximate surface area is 76.7 Å². The lowest BCUT2D eigenvalue weighted by Crippen LogP contribution is -2.26. The zero-order chi connectivity index (χ0) is 9.68. The highest BCUT2D eigenvalue weighted by Gasteiger charge is 2.02. The molecule has 0 aromatic carbocycles. The van der Waals surface area contributed by atoms with Crippen molar-refractivity contribution in [1.82, 2.24) is 15.5 Å². The Morgan fingerprint density at radius 2 is 2.46 bits per heavy atom. The third kappa shape index (κ3) is 3.22. The topological polar surface area (TPSA) is 74.7 Å². The molecule has 0 aliphatic rings. The molecule has 0 aliphatic heterocycles. The van der Waals surface area contributed by atoms with Gasteiger partial charge in [0.15, 0.2) is 5.82 Å². The average Bonchev–Trinajstić information content (AvgIpc) is 2.51. The van der Waals surface area contributed by atoms with E-state index in [1.807, 2.05) is 6.92 Å². The van der Waals surface area contributed by atoms with E-state index in [2.05, 4.69) is 21.5 Å². The highest BCUT2D eigenvalue weighted by molar-refractivity contribution is 4.88. The maximum Gasteiger partial charge on any atom is 0.223 e. The number of aromatic nitrogens is 2. The molecule has 1 N–H and O–H groups in total. The van der Waals surface area contributed by atoms with Crippen LogP contribution in [0.5, 0.6) is 0 Å². The molecule has 70 valence electrons. The van der Waals surface area contributed by atoms with Crippen LogP contribution in [0.25, 0.3) is 0 Å². The van der Waals surface area contributed by atoms with Crippen molar-refractivity contribution in [3.63, 3.8) is 0 Å². The minimum absolute atomic E-state index is 0.131. The number of rotatable bonds is 4. The summed E-state index contributed by atoms with van der Waals surface area (Å²) in [6.45, 7) is 4.25. The summed E-state index contributed by atoms with van der Waals surface area (Å²) < 4.78 is 4.79. The second kappa shape index (κ2) is 4.58. The van der Waals surface area contributed by atoms with Crippen molar-refractivity contribution in [1.29, 1.82) is 5.26 Å². The molecule has 0 bridgehead atoms. The second-order valence-corrected chi connectivity index (χ2v) is 2.78. The molecule has 0 amide bonds. The molecular weight excluding hydrogens is 168 g/mol. The van der Waals surface area contributed by atoms with Gasteiger partial charge in [0, 0.05) is 19.9 Å². The van der Waals surface area contributed by atoms with E-state index in [4.69, 9.17) is 9.78 Å². The third-order valence-electron chi connectivity index (χ3n) is 1.56. The van der Waals surface area contributed by atoms with E-state index in [0.717, 1.165) is 0 Å². The second-order valence-electron chi connectivity index (χ2n) is 2.78. The maximum atomic E-state index is 8.47. The third-order valence-corrected chi connectivity index (χ3v) is 1.56. The number of hydrogen-bond acceptors (Lipinski definition) is 5. The Morgan fingerprint density at radius 1 is 1.69 bits per heavy atom. The summed E-state index contributed by atoms with van der Waals surface area (Å²) in [4.78, 5) is 4.03. The Balaban J connectivity index is 2.25. The fourth-order valence-corrected chi connectivity index (χ4v) is 0.889. The first-order valence-electron chi connectivity index (χ1n) is 4.14. The van der Waals surface area contributed by atoms with Crippen molar-refractivity contribution < 1.29 is 4.52 Å². The van der Waals surface area contributed by atoms with E-state index in [1.165, 1.54) is 0 Å². The number of hydrogen-bond donors (Lipinski definition) is 1. The van der Waals surface area contributed by atoms with Gasteiger partial charge < -0.3 is 9.84 Å². The van der Waals surface area contributed by atoms with Crippen LogP contribution in [0.4, 0.5) is 0 Å². The fourth-order valence-electron chi connectivity index (χ4n) is 0.889. The number of aryl methyl sites for hydroxylation is 1. The van der Waals surface area contributed by atoms with E-state index >= 15 is 0 Å². The van der Waals surface area contributed by atoms with E-state index in [-0.39, 0.29) is 6.04 Å². The van der Waals surface area contributed by atoms with Crippen LogP contribution in [0.1, 0.15) is 18.6 Å². The molecule has 1 unspecified atom stereocenters. The van der Waals surface area contributed by atoms with Crippen molar-refractivity contribution in [3.05, 3.63) is 11.7 Å². The van der Waals surface area contributed by atoms with Crippen LogP contribution in [-0.2, 0) is 6.42 Å². The summed E-state index contributed by atoms with van der Waals surface area (Å²) >= 11 is 0. The van der Waals surface area contributed by atoms with Gasteiger partial charge in [-0.15, -0.1) is 0 Å². The SMILES string of the molecule is Cc1nc(CCNC(C)C#N)no1. The lowest BCUT2D eigenvalue weighted by molar-refractivity contribution is 0.386. The molecule has 5 heteroatoms. The zero-order valence-electron chi connectivity index (χ0n) is 7.74. The number of nitriles is 1. The normalized spacial score (nSPS) is 12.4. The predicted octanol–water partition coefficient (Wildman–Crippen LogP) is 0.422. The average molecular weight is 180 g/mol. The monoisotopic (exact) mass is 180 g/mol. The van der Waals surface area contributed by atoms with Crippen LogP contribution in [0.15, 0.2) is 4.52 Å². The lowest BCUT2D eigenvalue weighted by Gasteiger charge is -2.02. The highest BCUT2D eigenvalue weighted by Crippen LogP contribution is 1.94. The van der Waals surface area contributed by atoms with Crippen molar-refractivity contribution in [2.75, 3.05) is 6.54 Å². The molecule has 0 aliphatic carbocycles. The van der Waals surface area contributed by atoms with Gasteiger partial charge in [0.05, 0.1) is 12.1 Å². The summed E-state index contributed by atoms with van der Waals surface area (Å²) in [6.07, 6.45) is 0.684. The molecular formula is C8H12N4O.